The summed E-state index contributed by atoms with van der Waals surface area (Å²) < 4.78 is 0. The predicted octanol–water partition coefficient (Wildman–Crippen LogP) is 2.47. The highest BCUT2D eigenvalue weighted by Crippen LogP contribution is 2.31. The lowest BCUT2D eigenvalue weighted by molar-refractivity contribution is -0.144. The smallest absolute Gasteiger partial charge is 0.230 e. The van der Waals surface area contributed by atoms with Crippen molar-refractivity contribution in [1.82, 2.24) is 9.80 Å². The first-order valence-corrected chi connectivity index (χ1v) is 8.78. The van der Waals surface area contributed by atoms with E-state index in [9.17, 15) is 4.79 Å². The molecule has 0 bridgehead atoms. The highest BCUT2D eigenvalue weighted by Gasteiger charge is 2.39. The van der Waals surface area contributed by atoms with E-state index in [2.05, 4.69) is 37.5 Å². The summed E-state index contributed by atoms with van der Waals surface area (Å²) in [4.78, 5) is 17.6. The predicted molar refractivity (Wildman–Crippen MR) is 89.2 cm³/mol. The lowest BCUT2D eigenvalue weighted by atomic mass is 9.77. The molecule has 0 aromatic heterocycles. The van der Waals surface area contributed by atoms with Gasteiger partial charge in [0.25, 0.3) is 0 Å². The Hall–Kier alpha value is -0.610. The summed E-state index contributed by atoms with van der Waals surface area (Å²) >= 11 is 0. The van der Waals surface area contributed by atoms with Crippen molar-refractivity contribution in [2.24, 2.45) is 11.1 Å². The van der Waals surface area contributed by atoms with Gasteiger partial charge in [-0.2, -0.15) is 0 Å². The maximum atomic E-state index is 13.0. The first-order chi connectivity index (χ1) is 10.0. The van der Waals surface area contributed by atoms with Gasteiger partial charge in [0.05, 0.1) is 5.41 Å². The molecule has 4 heteroatoms. The molecule has 1 aliphatic heterocycles. The Morgan fingerprint density at radius 1 is 1.10 bits per heavy atom. The normalized spacial score (nSPS) is 18.8. The van der Waals surface area contributed by atoms with Crippen molar-refractivity contribution in [3.05, 3.63) is 0 Å². The minimum absolute atomic E-state index is 0.303. The molecular weight excluding hydrogens is 262 g/mol. The summed E-state index contributed by atoms with van der Waals surface area (Å²) in [5.74, 6) is 0.303. The van der Waals surface area contributed by atoms with Gasteiger partial charge in [-0.25, -0.2) is 0 Å². The van der Waals surface area contributed by atoms with E-state index in [0.717, 1.165) is 51.9 Å². The van der Waals surface area contributed by atoms with Gasteiger partial charge in [-0.1, -0.05) is 33.6 Å². The zero-order chi connectivity index (χ0) is 15.9. The van der Waals surface area contributed by atoms with E-state index in [1.807, 2.05) is 0 Å². The van der Waals surface area contributed by atoms with Crippen LogP contribution in [-0.2, 0) is 4.79 Å². The second-order valence-electron chi connectivity index (χ2n) is 6.57. The van der Waals surface area contributed by atoms with Crippen molar-refractivity contribution < 1.29 is 4.79 Å². The Kier molecular flexibility index (Phi) is 7.67. The van der Waals surface area contributed by atoms with E-state index in [0.29, 0.717) is 18.5 Å². The third-order valence-corrected chi connectivity index (χ3v) is 5.12. The number of carbonyl (C=O) groups excluding carboxylic acids is 1. The van der Waals surface area contributed by atoms with Gasteiger partial charge in [0.1, 0.15) is 0 Å². The number of hydrogen-bond donors (Lipinski definition) is 1. The van der Waals surface area contributed by atoms with Crippen LogP contribution >= 0.6 is 0 Å². The Morgan fingerprint density at radius 3 is 2.00 bits per heavy atom. The Bertz CT molecular complexity index is 305. The van der Waals surface area contributed by atoms with Crippen molar-refractivity contribution in [1.29, 1.82) is 0 Å². The summed E-state index contributed by atoms with van der Waals surface area (Å²) in [7, 11) is 0. The van der Waals surface area contributed by atoms with Crippen molar-refractivity contribution in [3.63, 3.8) is 0 Å². The molecule has 4 nitrogen and oxygen atoms in total. The molecule has 0 aromatic rings. The van der Waals surface area contributed by atoms with Crippen LogP contribution in [-0.4, -0.2) is 54.5 Å². The van der Waals surface area contributed by atoms with Gasteiger partial charge in [-0.05, 0) is 26.2 Å². The first-order valence-electron chi connectivity index (χ1n) is 8.78. The molecule has 2 N–H and O–H groups in total. The maximum Gasteiger partial charge on any atom is 0.230 e. The number of nitrogens with two attached hydrogens (primary N) is 1. The van der Waals surface area contributed by atoms with Crippen LogP contribution in [0, 0.1) is 5.41 Å². The van der Waals surface area contributed by atoms with Crippen molar-refractivity contribution in [2.45, 2.75) is 65.8 Å². The molecular formula is C17H35N3O. The minimum atomic E-state index is -0.317. The molecule has 1 unspecified atom stereocenters. The quantitative estimate of drug-likeness (QED) is 0.749. The van der Waals surface area contributed by atoms with Crippen LogP contribution < -0.4 is 5.73 Å². The summed E-state index contributed by atoms with van der Waals surface area (Å²) in [5, 5.41) is 0. The second kappa shape index (κ2) is 8.74. The van der Waals surface area contributed by atoms with E-state index in [-0.39, 0.29) is 5.41 Å². The van der Waals surface area contributed by atoms with Crippen molar-refractivity contribution >= 4 is 5.91 Å². The highest BCUT2D eigenvalue weighted by atomic mass is 16.2. The largest absolute Gasteiger partial charge is 0.340 e. The summed E-state index contributed by atoms with van der Waals surface area (Å²) in [6.07, 6.45) is 5.06. The Morgan fingerprint density at radius 2 is 1.62 bits per heavy atom. The molecule has 124 valence electrons. The van der Waals surface area contributed by atoms with E-state index < -0.39 is 0 Å². The number of nitrogens with zero attached hydrogens (tertiary/aromatic N) is 2. The molecule has 0 aliphatic carbocycles. The zero-order valence-electron chi connectivity index (χ0n) is 14.5. The molecule has 0 spiro atoms. The molecule has 0 saturated carbocycles. The number of piperazine rings is 1. The molecule has 1 amide bonds. The third kappa shape index (κ3) is 4.43. The fourth-order valence-electron chi connectivity index (χ4n) is 3.55. The van der Waals surface area contributed by atoms with Gasteiger partial charge in [-0.3, -0.25) is 9.69 Å². The summed E-state index contributed by atoms with van der Waals surface area (Å²) in [5.41, 5.74) is 5.71. The standard InChI is InChI=1S/C17H35N3O/c1-5-8-17(14-18,9-6-2)16(21)20-12-10-19(11-13-20)15(4)7-3/h15H,5-14,18H2,1-4H3. The summed E-state index contributed by atoms with van der Waals surface area (Å²) in [6, 6.07) is 0.618. The number of amides is 1. The lowest BCUT2D eigenvalue weighted by Gasteiger charge is -2.42. The van der Waals surface area contributed by atoms with Gasteiger partial charge in [0.2, 0.25) is 5.91 Å². The van der Waals surface area contributed by atoms with E-state index in [1.54, 1.807) is 0 Å². The Balaban J connectivity index is 2.69. The SMILES string of the molecule is CCCC(CN)(CCC)C(=O)N1CCN(C(C)CC)CC1. The fraction of sp³-hybridized carbons (Fsp3) is 0.941. The molecule has 0 aromatic carbocycles. The van der Waals surface area contributed by atoms with Crippen molar-refractivity contribution in [2.75, 3.05) is 32.7 Å². The molecule has 1 rings (SSSR count). The van der Waals surface area contributed by atoms with E-state index in [1.165, 1.54) is 6.42 Å². The van der Waals surface area contributed by atoms with Crippen LogP contribution in [0.3, 0.4) is 0 Å². The first kappa shape index (κ1) is 18.4. The van der Waals surface area contributed by atoms with Gasteiger partial charge in [0.15, 0.2) is 0 Å². The molecule has 1 saturated heterocycles. The minimum Gasteiger partial charge on any atom is -0.340 e. The topological polar surface area (TPSA) is 49.6 Å². The third-order valence-electron chi connectivity index (χ3n) is 5.12. The van der Waals surface area contributed by atoms with Crippen LogP contribution in [0.4, 0.5) is 0 Å². The molecule has 1 fully saturated rings. The van der Waals surface area contributed by atoms with E-state index >= 15 is 0 Å². The van der Waals surface area contributed by atoms with Crippen LogP contribution in [0.2, 0.25) is 0 Å². The molecule has 1 atom stereocenters. The lowest BCUT2D eigenvalue weighted by Crippen LogP contribution is -2.56. The van der Waals surface area contributed by atoms with Crippen LogP contribution in [0.1, 0.15) is 59.8 Å². The Labute approximate surface area is 131 Å². The van der Waals surface area contributed by atoms with Crippen LogP contribution in [0.15, 0.2) is 0 Å². The van der Waals surface area contributed by atoms with Crippen LogP contribution in [0.25, 0.3) is 0 Å². The molecule has 21 heavy (non-hydrogen) atoms. The molecule has 1 aliphatic rings. The van der Waals surface area contributed by atoms with Gasteiger partial charge in [0, 0.05) is 38.8 Å². The van der Waals surface area contributed by atoms with Crippen molar-refractivity contribution in [3.8, 4) is 0 Å². The van der Waals surface area contributed by atoms with E-state index in [4.69, 9.17) is 5.73 Å². The highest BCUT2D eigenvalue weighted by molar-refractivity contribution is 5.83. The second-order valence-corrected chi connectivity index (χ2v) is 6.57. The number of hydrogen-bond acceptors (Lipinski definition) is 3. The maximum absolute atomic E-state index is 13.0. The zero-order valence-corrected chi connectivity index (χ0v) is 14.5. The average molecular weight is 297 g/mol. The molecule has 0 radical (unpaired) electrons. The average Bonchev–Trinajstić information content (AvgIpc) is 2.53. The molecule has 1 heterocycles. The van der Waals surface area contributed by atoms with Gasteiger partial charge < -0.3 is 10.6 Å². The fourth-order valence-corrected chi connectivity index (χ4v) is 3.55. The number of rotatable bonds is 8. The number of carbonyl (C=O) groups is 1. The summed E-state index contributed by atoms with van der Waals surface area (Å²) in [6.45, 7) is 13.0. The van der Waals surface area contributed by atoms with Gasteiger partial charge >= 0.3 is 0 Å². The monoisotopic (exact) mass is 297 g/mol. The van der Waals surface area contributed by atoms with Gasteiger partial charge in [-0.15, -0.1) is 0 Å². The van der Waals surface area contributed by atoms with Crippen LogP contribution in [0.5, 0.6) is 0 Å².